The first kappa shape index (κ1) is 16.6. The molecule has 22 heavy (non-hydrogen) atoms. The van der Waals surface area contributed by atoms with Gasteiger partial charge in [0.25, 0.3) is 0 Å². The molecule has 0 aliphatic carbocycles. The van der Waals surface area contributed by atoms with Crippen LogP contribution in [0.2, 0.25) is 0 Å². The molecule has 2 rings (SSSR count). The van der Waals surface area contributed by atoms with E-state index in [-0.39, 0.29) is 5.91 Å². The number of hydrogen-bond acceptors (Lipinski definition) is 5. The molecule has 0 unspecified atom stereocenters. The fourth-order valence-corrected chi connectivity index (χ4v) is 3.09. The number of thiazole rings is 1. The van der Waals surface area contributed by atoms with E-state index < -0.39 is 5.41 Å². The zero-order chi connectivity index (χ0) is 16.0. The van der Waals surface area contributed by atoms with Gasteiger partial charge in [-0.2, -0.15) is 0 Å². The molecule has 1 amide bonds. The number of pyridine rings is 1. The molecule has 118 valence electrons. The van der Waals surface area contributed by atoms with Crippen molar-refractivity contribution in [2.45, 2.75) is 33.2 Å². The lowest BCUT2D eigenvalue weighted by Gasteiger charge is -2.28. The van der Waals surface area contributed by atoms with Crippen LogP contribution in [0.25, 0.3) is 11.3 Å². The van der Waals surface area contributed by atoms with Crippen LogP contribution in [-0.2, 0) is 11.3 Å². The van der Waals surface area contributed by atoms with E-state index in [1.807, 2.05) is 31.4 Å². The van der Waals surface area contributed by atoms with E-state index in [2.05, 4.69) is 15.3 Å². The van der Waals surface area contributed by atoms with Crippen molar-refractivity contribution in [1.29, 1.82) is 0 Å². The number of amides is 1. The number of carbonyl (C=O) groups is 1. The lowest BCUT2D eigenvalue weighted by molar-refractivity contribution is -0.131. The molecule has 0 aliphatic rings. The second-order valence-electron chi connectivity index (χ2n) is 5.24. The Morgan fingerprint density at radius 2 is 2.00 bits per heavy atom. The minimum Gasteiger partial charge on any atom is -0.349 e. The van der Waals surface area contributed by atoms with Crippen molar-refractivity contribution in [2.75, 3.05) is 6.54 Å². The minimum absolute atomic E-state index is 0.0145. The molecule has 6 heteroatoms. The topological polar surface area (TPSA) is 80.9 Å². The van der Waals surface area contributed by atoms with Gasteiger partial charge in [-0.15, -0.1) is 11.3 Å². The molecule has 2 heterocycles. The summed E-state index contributed by atoms with van der Waals surface area (Å²) < 4.78 is 0. The van der Waals surface area contributed by atoms with E-state index in [1.165, 1.54) is 0 Å². The number of nitrogens with one attached hydrogen (secondary N) is 1. The Balaban J connectivity index is 2.01. The molecule has 3 N–H and O–H groups in total. The van der Waals surface area contributed by atoms with Crippen LogP contribution in [0.1, 0.15) is 31.7 Å². The third-order valence-electron chi connectivity index (χ3n) is 4.15. The van der Waals surface area contributed by atoms with Crippen LogP contribution in [0, 0.1) is 5.41 Å². The molecule has 2 aromatic rings. The number of rotatable bonds is 7. The standard InChI is InChI=1S/C16H22N4OS/c1-3-16(4-2,11-17)15(21)19-9-14-20-13(10-22-14)12-5-7-18-8-6-12/h5-8,10H,3-4,9,11,17H2,1-2H3,(H,19,21). The zero-order valence-electron chi connectivity index (χ0n) is 13.0. The Morgan fingerprint density at radius 3 is 2.59 bits per heavy atom. The van der Waals surface area contributed by atoms with Crippen LogP contribution in [0.4, 0.5) is 0 Å². The third kappa shape index (κ3) is 3.51. The maximum absolute atomic E-state index is 12.4. The summed E-state index contributed by atoms with van der Waals surface area (Å²) in [6.07, 6.45) is 4.97. The number of aromatic nitrogens is 2. The van der Waals surface area contributed by atoms with Crippen LogP contribution < -0.4 is 11.1 Å². The van der Waals surface area contributed by atoms with Gasteiger partial charge in [0.2, 0.25) is 5.91 Å². The summed E-state index contributed by atoms with van der Waals surface area (Å²) in [5.74, 6) is 0.0145. The molecule has 0 spiro atoms. The predicted molar refractivity (Wildman–Crippen MR) is 89.3 cm³/mol. The summed E-state index contributed by atoms with van der Waals surface area (Å²) in [5.41, 5.74) is 7.27. The SMILES string of the molecule is CCC(CC)(CN)C(=O)NCc1nc(-c2ccncc2)cs1. The first-order chi connectivity index (χ1) is 10.6. The summed E-state index contributed by atoms with van der Waals surface area (Å²) >= 11 is 1.54. The van der Waals surface area contributed by atoms with E-state index in [4.69, 9.17) is 5.73 Å². The van der Waals surface area contributed by atoms with Crippen LogP contribution in [-0.4, -0.2) is 22.4 Å². The fraction of sp³-hybridized carbons (Fsp3) is 0.438. The number of nitrogens with two attached hydrogens (primary N) is 1. The molecular formula is C16H22N4OS. The van der Waals surface area contributed by atoms with Crippen molar-refractivity contribution in [3.8, 4) is 11.3 Å². The Morgan fingerprint density at radius 1 is 1.32 bits per heavy atom. The average molecular weight is 318 g/mol. The van der Waals surface area contributed by atoms with Gasteiger partial charge in [-0.1, -0.05) is 13.8 Å². The Labute approximate surface area is 135 Å². The molecule has 0 saturated carbocycles. The third-order valence-corrected chi connectivity index (χ3v) is 5.00. The van der Waals surface area contributed by atoms with Gasteiger partial charge in [0.05, 0.1) is 17.7 Å². The van der Waals surface area contributed by atoms with Gasteiger partial charge in [0, 0.05) is 29.9 Å². The van der Waals surface area contributed by atoms with Crippen molar-refractivity contribution < 1.29 is 4.79 Å². The Kier molecular flexibility index (Phi) is 5.63. The van der Waals surface area contributed by atoms with E-state index >= 15 is 0 Å². The maximum Gasteiger partial charge on any atom is 0.227 e. The lowest BCUT2D eigenvalue weighted by Crippen LogP contribution is -2.45. The van der Waals surface area contributed by atoms with Gasteiger partial charge >= 0.3 is 0 Å². The average Bonchev–Trinajstić information content (AvgIpc) is 3.05. The molecule has 0 aliphatic heterocycles. The van der Waals surface area contributed by atoms with Crippen molar-refractivity contribution in [1.82, 2.24) is 15.3 Å². The van der Waals surface area contributed by atoms with Gasteiger partial charge in [-0.25, -0.2) is 4.98 Å². The highest BCUT2D eigenvalue weighted by Crippen LogP contribution is 2.26. The second-order valence-corrected chi connectivity index (χ2v) is 6.18. The zero-order valence-corrected chi connectivity index (χ0v) is 13.8. The van der Waals surface area contributed by atoms with Crippen LogP contribution in [0.3, 0.4) is 0 Å². The predicted octanol–water partition coefficient (Wildman–Crippen LogP) is 2.59. The normalized spacial score (nSPS) is 11.4. The number of nitrogens with zero attached hydrogens (tertiary/aromatic N) is 2. The molecule has 0 aromatic carbocycles. The molecule has 0 bridgehead atoms. The first-order valence-corrected chi connectivity index (χ1v) is 8.36. The van der Waals surface area contributed by atoms with Gasteiger partial charge in [-0.05, 0) is 25.0 Å². The smallest absolute Gasteiger partial charge is 0.227 e. The summed E-state index contributed by atoms with van der Waals surface area (Å²) in [6.45, 7) is 4.81. The second kappa shape index (κ2) is 7.47. The van der Waals surface area contributed by atoms with Crippen LogP contribution in [0.15, 0.2) is 29.9 Å². The molecular weight excluding hydrogens is 296 g/mol. The first-order valence-electron chi connectivity index (χ1n) is 7.48. The summed E-state index contributed by atoms with van der Waals surface area (Å²) in [4.78, 5) is 20.9. The van der Waals surface area contributed by atoms with Crippen molar-refractivity contribution in [3.63, 3.8) is 0 Å². The van der Waals surface area contributed by atoms with Crippen LogP contribution >= 0.6 is 11.3 Å². The lowest BCUT2D eigenvalue weighted by atomic mass is 9.81. The Bertz CT molecular complexity index is 599. The van der Waals surface area contributed by atoms with Crippen molar-refractivity contribution in [2.24, 2.45) is 11.1 Å². The van der Waals surface area contributed by atoms with E-state index in [0.29, 0.717) is 13.1 Å². The molecule has 0 atom stereocenters. The maximum atomic E-state index is 12.4. The quantitative estimate of drug-likeness (QED) is 0.822. The van der Waals surface area contributed by atoms with E-state index in [1.54, 1.807) is 23.7 Å². The van der Waals surface area contributed by atoms with Crippen molar-refractivity contribution >= 4 is 17.2 Å². The Hall–Kier alpha value is -1.79. The largest absolute Gasteiger partial charge is 0.349 e. The van der Waals surface area contributed by atoms with Gasteiger partial charge < -0.3 is 11.1 Å². The van der Waals surface area contributed by atoms with Gasteiger partial charge in [0.15, 0.2) is 0 Å². The summed E-state index contributed by atoms with van der Waals surface area (Å²) in [5, 5.41) is 5.85. The molecule has 5 nitrogen and oxygen atoms in total. The number of carbonyl (C=O) groups excluding carboxylic acids is 1. The van der Waals surface area contributed by atoms with Gasteiger partial charge in [0.1, 0.15) is 5.01 Å². The van der Waals surface area contributed by atoms with Crippen LogP contribution in [0.5, 0.6) is 0 Å². The van der Waals surface area contributed by atoms with E-state index in [0.717, 1.165) is 29.1 Å². The van der Waals surface area contributed by atoms with Gasteiger partial charge in [-0.3, -0.25) is 9.78 Å². The minimum atomic E-state index is -0.467. The highest BCUT2D eigenvalue weighted by atomic mass is 32.1. The molecule has 0 fully saturated rings. The number of hydrogen-bond donors (Lipinski definition) is 2. The fourth-order valence-electron chi connectivity index (χ4n) is 2.34. The molecule has 0 saturated heterocycles. The van der Waals surface area contributed by atoms with E-state index in [9.17, 15) is 4.79 Å². The molecule has 2 aromatic heterocycles. The highest BCUT2D eigenvalue weighted by Gasteiger charge is 2.33. The van der Waals surface area contributed by atoms with Crippen molar-refractivity contribution in [3.05, 3.63) is 34.9 Å². The highest BCUT2D eigenvalue weighted by molar-refractivity contribution is 7.09. The summed E-state index contributed by atoms with van der Waals surface area (Å²) in [7, 11) is 0. The monoisotopic (exact) mass is 318 g/mol. The molecule has 0 radical (unpaired) electrons. The summed E-state index contributed by atoms with van der Waals surface area (Å²) in [6, 6.07) is 3.84.